The SMILES string of the molecule is CC[C@@]1(OC(=O)[C@@H](NC(=O)[C@H](CCCCN)NC(=S)Nc2cccc(C(=O)NCC(=O)NC(CC(=O)O)c3ccccc3)c2)C(C)C)C(=O)OCc2c1cc1n(c2=O)Cc2cc3ccccc3nc2-1. The van der Waals surface area contributed by atoms with Crippen molar-refractivity contribution >= 4 is 69.6 Å². The van der Waals surface area contributed by atoms with Crippen molar-refractivity contribution in [2.24, 2.45) is 11.7 Å². The fourth-order valence-corrected chi connectivity index (χ4v) is 8.77. The molecule has 0 spiro atoms. The molecule has 2 aliphatic rings. The van der Waals surface area contributed by atoms with Crippen molar-refractivity contribution in [3.05, 3.63) is 129 Å². The number of ether oxygens (including phenoxy) is 2. The highest BCUT2D eigenvalue weighted by Gasteiger charge is 2.51. The van der Waals surface area contributed by atoms with Crippen molar-refractivity contribution < 1.29 is 43.3 Å². The first-order valence-corrected chi connectivity index (χ1v) is 23.1. The number of hydrogen-bond acceptors (Lipinski definition) is 12. The topological polar surface area (TPSA) is 262 Å². The summed E-state index contributed by atoms with van der Waals surface area (Å²) in [6.45, 7) is 4.98. The Labute approximate surface area is 402 Å². The van der Waals surface area contributed by atoms with Gasteiger partial charge in [-0.1, -0.05) is 75.4 Å². The van der Waals surface area contributed by atoms with Gasteiger partial charge in [-0.15, -0.1) is 0 Å². The van der Waals surface area contributed by atoms with E-state index in [1.54, 1.807) is 73.9 Å². The molecule has 69 heavy (non-hydrogen) atoms. The summed E-state index contributed by atoms with van der Waals surface area (Å²) in [5.74, 6) is -5.17. The van der Waals surface area contributed by atoms with E-state index < -0.39 is 71.8 Å². The van der Waals surface area contributed by atoms with Crippen molar-refractivity contribution in [2.45, 2.75) is 89.8 Å². The minimum absolute atomic E-state index is 0.0169. The largest absolute Gasteiger partial charge is 0.481 e. The van der Waals surface area contributed by atoms with Crippen LogP contribution in [0.3, 0.4) is 0 Å². The number of nitrogens with one attached hydrogen (secondary N) is 5. The molecule has 7 rings (SSSR count). The van der Waals surface area contributed by atoms with Gasteiger partial charge in [0.15, 0.2) is 5.11 Å². The maximum Gasteiger partial charge on any atom is 0.355 e. The predicted molar refractivity (Wildman–Crippen MR) is 260 cm³/mol. The number of cyclic esters (lactones) is 1. The van der Waals surface area contributed by atoms with Crippen LogP contribution < -0.4 is 37.9 Å². The molecule has 8 N–H and O–H groups in total. The van der Waals surface area contributed by atoms with Crippen molar-refractivity contribution in [3.8, 4) is 11.4 Å². The lowest BCUT2D eigenvalue weighted by Crippen LogP contribution is -2.56. The zero-order chi connectivity index (χ0) is 49.4. The molecule has 0 aliphatic carbocycles. The van der Waals surface area contributed by atoms with E-state index in [2.05, 4.69) is 26.6 Å². The van der Waals surface area contributed by atoms with Crippen LogP contribution in [0.2, 0.25) is 0 Å². The number of para-hydroxylation sites is 1. The number of thiocarbonyl (C=S) groups is 1. The number of carboxylic acid groups (broad SMARTS) is 1. The average Bonchev–Trinajstić information content (AvgIpc) is 3.69. The van der Waals surface area contributed by atoms with E-state index in [0.29, 0.717) is 42.0 Å². The quantitative estimate of drug-likeness (QED) is 0.0339. The second kappa shape index (κ2) is 21.6. The van der Waals surface area contributed by atoms with Gasteiger partial charge in [0.05, 0.1) is 48.0 Å². The zero-order valence-electron chi connectivity index (χ0n) is 38.3. The van der Waals surface area contributed by atoms with Crippen LogP contribution in [-0.4, -0.2) is 80.6 Å². The Morgan fingerprint density at radius 2 is 1.70 bits per heavy atom. The molecule has 0 radical (unpaired) electrons. The molecule has 0 bridgehead atoms. The van der Waals surface area contributed by atoms with Crippen LogP contribution in [-0.2, 0) is 52.2 Å². The first-order chi connectivity index (χ1) is 33.1. The predicted octanol–water partition coefficient (Wildman–Crippen LogP) is 4.32. The van der Waals surface area contributed by atoms with Crippen LogP contribution >= 0.6 is 12.2 Å². The zero-order valence-corrected chi connectivity index (χ0v) is 39.2. The molecule has 0 saturated carbocycles. The Morgan fingerprint density at radius 1 is 0.942 bits per heavy atom. The number of pyridine rings is 2. The number of aliphatic carboxylic acids is 1. The number of aromatic nitrogens is 2. The molecule has 18 nitrogen and oxygen atoms in total. The van der Waals surface area contributed by atoms with Gasteiger partial charge in [-0.25, -0.2) is 14.6 Å². The fourth-order valence-electron chi connectivity index (χ4n) is 8.51. The molecule has 4 heterocycles. The van der Waals surface area contributed by atoms with Crippen molar-refractivity contribution in [1.29, 1.82) is 0 Å². The van der Waals surface area contributed by atoms with E-state index in [1.807, 2.05) is 30.3 Å². The van der Waals surface area contributed by atoms with Gasteiger partial charge in [0, 0.05) is 27.8 Å². The number of amides is 3. The van der Waals surface area contributed by atoms with E-state index in [4.69, 9.17) is 32.4 Å². The van der Waals surface area contributed by atoms with Crippen LogP contribution in [0.5, 0.6) is 0 Å². The van der Waals surface area contributed by atoms with E-state index in [0.717, 1.165) is 16.5 Å². The summed E-state index contributed by atoms with van der Waals surface area (Å²) in [4.78, 5) is 98.7. The van der Waals surface area contributed by atoms with Gasteiger partial charge in [-0.05, 0) is 92.3 Å². The number of hydrogen-bond donors (Lipinski definition) is 7. The molecule has 19 heteroatoms. The fraction of sp³-hybridized carbons (Fsp3) is 0.340. The third-order valence-corrected chi connectivity index (χ3v) is 12.4. The number of carboxylic acids is 1. The van der Waals surface area contributed by atoms with Gasteiger partial charge < -0.3 is 51.5 Å². The first kappa shape index (κ1) is 49.4. The van der Waals surface area contributed by atoms with E-state index >= 15 is 0 Å². The second-order valence-corrected chi connectivity index (χ2v) is 17.6. The lowest BCUT2D eigenvalue weighted by atomic mass is 9.85. The number of nitrogens with zero attached hydrogens (tertiary/aromatic N) is 2. The number of nitrogens with two attached hydrogens (primary N) is 1. The van der Waals surface area contributed by atoms with Crippen LogP contribution in [0.15, 0.2) is 95.8 Å². The second-order valence-electron chi connectivity index (χ2n) is 17.2. The van der Waals surface area contributed by atoms with Gasteiger partial charge in [0.2, 0.25) is 17.4 Å². The normalized spacial score (nSPS) is 15.9. The summed E-state index contributed by atoms with van der Waals surface area (Å²) in [7, 11) is 0. The van der Waals surface area contributed by atoms with Crippen molar-refractivity contribution in [3.63, 3.8) is 0 Å². The number of benzene rings is 3. The van der Waals surface area contributed by atoms with Gasteiger partial charge in [0.1, 0.15) is 18.7 Å². The lowest BCUT2D eigenvalue weighted by Gasteiger charge is -2.37. The molecule has 4 atom stereocenters. The maximum absolute atomic E-state index is 14.3. The minimum Gasteiger partial charge on any atom is -0.481 e. The van der Waals surface area contributed by atoms with Gasteiger partial charge in [-0.2, -0.15) is 0 Å². The summed E-state index contributed by atoms with van der Waals surface area (Å²) in [5.41, 5.74) is 7.55. The number of unbranched alkanes of at least 4 members (excludes halogenated alkanes) is 1. The summed E-state index contributed by atoms with van der Waals surface area (Å²) in [5, 5.41) is 24.3. The van der Waals surface area contributed by atoms with Crippen molar-refractivity contribution in [2.75, 3.05) is 18.4 Å². The summed E-state index contributed by atoms with van der Waals surface area (Å²) >= 11 is 5.62. The van der Waals surface area contributed by atoms with Crippen LogP contribution in [0, 0.1) is 5.92 Å². The highest BCUT2D eigenvalue weighted by molar-refractivity contribution is 7.80. The standard InChI is InChI=1S/C50H54N8O10S/c1-4-50(35-23-39-43-32(21-30-15-8-9-18-36(30)55-43)26-58(39)46(64)34(35)27-67-48(50)66)68-47(65)42(28(2)3)57-45(63)37(19-10-11-20-51)56-49(69)53-33-17-12-16-31(22-33)44(62)52-25-40(59)54-38(24-41(60)61)29-13-6-5-7-14-29/h5-9,12-18,21-23,28,37-38,42H,4,10-11,19-20,24-27,51H2,1-3H3,(H,52,62)(H,54,59)(H,57,63)(H,60,61)(H2,53,56,69)/t37-,38?,42-,50-/m0/s1. The Balaban J connectivity index is 1.02. The maximum atomic E-state index is 14.3. The molecular formula is C50H54N8O10S. The Hall–Kier alpha value is -7.51. The monoisotopic (exact) mass is 958 g/mol. The number of anilines is 1. The van der Waals surface area contributed by atoms with Crippen LogP contribution in [0.25, 0.3) is 22.3 Å². The Kier molecular flexibility index (Phi) is 15.5. The Morgan fingerprint density at radius 3 is 2.42 bits per heavy atom. The van der Waals surface area contributed by atoms with Crippen LogP contribution in [0.1, 0.15) is 91.5 Å². The number of rotatable bonds is 19. The molecule has 0 saturated heterocycles. The molecular weight excluding hydrogens is 905 g/mol. The summed E-state index contributed by atoms with van der Waals surface area (Å²) in [6, 6.07) is 23.1. The molecule has 2 aromatic heterocycles. The molecule has 2 aliphatic heterocycles. The molecule has 360 valence electrons. The summed E-state index contributed by atoms with van der Waals surface area (Å²) in [6.07, 6.45) is 0.934. The smallest absolute Gasteiger partial charge is 0.355 e. The lowest BCUT2D eigenvalue weighted by molar-refractivity contribution is -0.191. The third kappa shape index (κ3) is 11.1. The number of carbonyl (C=O) groups excluding carboxylic acids is 5. The number of fused-ring (bicyclic) bond motifs is 5. The molecule has 3 amide bonds. The van der Waals surface area contributed by atoms with Gasteiger partial charge in [-0.3, -0.25) is 24.0 Å². The van der Waals surface area contributed by atoms with Gasteiger partial charge >= 0.3 is 17.9 Å². The highest BCUT2D eigenvalue weighted by atomic mass is 32.1. The van der Waals surface area contributed by atoms with E-state index in [9.17, 15) is 38.7 Å². The Bertz CT molecular complexity index is 2870. The highest BCUT2D eigenvalue weighted by Crippen LogP contribution is 2.41. The van der Waals surface area contributed by atoms with Gasteiger partial charge in [0.25, 0.3) is 11.5 Å². The van der Waals surface area contributed by atoms with E-state index in [-0.39, 0.29) is 59.8 Å². The van der Waals surface area contributed by atoms with Crippen LogP contribution in [0.4, 0.5) is 5.69 Å². The molecule has 3 aromatic carbocycles. The third-order valence-electron chi connectivity index (χ3n) is 12.2. The average molecular weight is 959 g/mol. The van der Waals surface area contributed by atoms with Crippen molar-refractivity contribution in [1.82, 2.24) is 30.8 Å². The first-order valence-electron chi connectivity index (χ1n) is 22.7. The number of carbonyl (C=O) groups is 6. The molecule has 1 unspecified atom stereocenters. The minimum atomic E-state index is -2.01. The summed E-state index contributed by atoms with van der Waals surface area (Å²) < 4.78 is 13.3. The number of esters is 2. The molecule has 0 fully saturated rings. The van der Waals surface area contributed by atoms with E-state index in [1.165, 1.54) is 12.1 Å². The molecule has 5 aromatic rings.